The van der Waals surface area contributed by atoms with Gasteiger partial charge in [0.05, 0.1) is 5.56 Å². The molecule has 128 valence electrons. The fourth-order valence-corrected chi connectivity index (χ4v) is 1.92. The molecule has 0 radical (unpaired) electrons. The minimum Gasteiger partial charge on any atom is -0.508 e. The number of carbonyl (C=O) groups is 1. The molecule has 0 fully saturated rings. The predicted molar refractivity (Wildman–Crippen MR) is 79.7 cm³/mol. The van der Waals surface area contributed by atoms with Crippen LogP contribution in [0.25, 0.3) is 0 Å². The molecule has 0 bridgehead atoms. The van der Waals surface area contributed by atoms with E-state index >= 15 is 0 Å². The standard InChI is InChI=1S/C16H15F3N2O3/c1-21(9-11-2-5-13(22)6-3-11)15(23)12-4-7-14(20-8-12)24-10-16(17,18)19/h2-8,22H,9-10H2,1H3. The Morgan fingerprint density at radius 2 is 1.88 bits per heavy atom. The van der Waals surface area contributed by atoms with Crippen LogP contribution in [-0.2, 0) is 6.54 Å². The molecule has 0 atom stereocenters. The van der Waals surface area contributed by atoms with Crippen molar-refractivity contribution in [3.63, 3.8) is 0 Å². The third-order valence-corrected chi connectivity index (χ3v) is 3.07. The van der Waals surface area contributed by atoms with E-state index in [0.717, 1.165) is 5.56 Å². The zero-order valence-corrected chi connectivity index (χ0v) is 12.7. The van der Waals surface area contributed by atoms with Gasteiger partial charge < -0.3 is 14.7 Å². The molecular weight excluding hydrogens is 325 g/mol. The van der Waals surface area contributed by atoms with Crippen LogP contribution in [0.5, 0.6) is 11.6 Å². The second-order valence-electron chi connectivity index (χ2n) is 5.12. The highest BCUT2D eigenvalue weighted by Crippen LogP contribution is 2.18. The lowest BCUT2D eigenvalue weighted by molar-refractivity contribution is -0.154. The number of pyridine rings is 1. The third kappa shape index (κ3) is 5.15. The molecule has 1 heterocycles. The van der Waals surface area contributed by atoms with Crippen molar-refractivity contribution in [1.29, 1.82) is 0 Å². The number of hydrogen-bond donors (Lipinski definition) is 1. The second kappa shape index (κ2) is 7.20. The van der Waals surface area contributed by atoms with Gasteiger partial charge in [-0.3, -0.25) is 4.79 Å². The monoisotopic (exact) mass is 340 g/mol. The van der Waals surface area contributed by atoms with Gasteiger partial charge in [0.25, 0.3) is 5.91 Å². The van der Waals surface area contributed by atoms with Gasteiger partial charge in [-0.2, -0.15) is 13.2 Å². The van der Waals surface area contributed by atoms with E-state index in [1.165, 1.54) is 35.4 Å². The van der Waals surface area contributed by atoms with Crippen molar-refractivity contribution in [1.82, 2.24) is 9.88 Å². The number of hydrogen-bond acceptors (Lipinski definition) is 4. The van der Waals surface area contributed by atoms with Gasteiger partial charge in [0, 0.05) is 25.9 Å². The highest BCUT2D eigenvalue weighted by atomic mass is 19.4. The van der Waals surface area contributed by atoms with Crippen LogP contribution in [0.1, 0.15) is 15.9 Å². The Morgan fingerprint density at radius 1 is 1.21 bits per heavy atom. The molecule has 2 rings (SSSR count). The Balaban J connectivity index is 1.97. The Morgan fingerprint density at radius 3 is 2.42 bits per heavy atom. The number of rotatable bonds is 5. The van der Waals surface area contributed by atoms with Gasteiger partial charge in [-0.25, -0.2) is 4.98 Å². The first-order valence-corrected chi connectivity index (χ1v) is 6.93. The fraction of sp³-hybridized carbons (Fsp3) is 0.250. The lowest BCUT2D eigenvalue weighted by Crippen LogP contribution is -2.26. The highest BCUT2D eigenvalue weighted by Gasteiger charge is 2.28. The number of amides is 1. The first kappa shape index (κ1) is 17.6. The van der Waals surface area contributed by atoms with Gasteiger partial charge >= 0.3 is 6.18 Å². The zero-order chi connectivity index (χ0) is 17.7. The third-order valence-electron chi connectivity index (χ3n) is 3.07. The highest BCUT2D eigenvalue weighted by molar-refractivity contribution is 5.93. The molecular formula is C16H15F3N2O3. The maximum absolute atomic E-state index is 12.3. The summed E-state index contributed by atoms with van der Waals surface area (Å²) in [4.78, 5) is 17.4. The smallest absolute Gasteiger partial charge is 0.422 e. The normalized spacial score (nSPS) is 11.2. The lowest BCUT2D eigenvalue weighted by Gasteiger charge is -2.17. The molecule has 0 aliphatic rings. The number of benzene rings is 1. The Hall–Kier alpha value is -2.77. The van der Waals surface area contributed by atoms with Crippen LogP contribution in [-0.4, -0.2) is 40.7 Å². The summed E-state index contributed by atoms with van der Waals surface area (Å²) in [7, 11) is 1.59. The maximum Gasteiger partial charge on any atom is 0.422 e. The van der Waals surface area contributed by atoms with Crippen LogP contribution in [0.2, 0.25) is 0 Å². The molecule has 0 saturated heterocycles. The average molecular weight is 340 g/mol. The van der Waals surface area contributed by atoms with Gasteiger partial charge in [0.1, 0.15) is 5.75 Å². The van der Waals surface area contributed by atoms with E-state index in [0.29, 0.717) is 6.54 Å². The van der Waals surface area contributed by atoms with Crippen LogP contribution < -0.4 is 4.74 Å². The Bertz CT molecular complexity index is 685. The van der Waals surface area contributed by atoms with Crippen molar-refractivity contribution >= 4 is 5.91 Å². The van der Waals surface area contributed by atoms with Crippen molar-refractivity contribution < 1.29 is 27.8 Å². The molecule has 1 aromatic carbocycles. The summed E-state index contributed by atoms with van der Waals surface area (Å²) in [5.74, 6) is -0.408. The number of alkyl halides is 3. The van der Waals surface area contributed by atoms with E-state index in [-0.39, 0.29) is 23.1 Å². The van der Waals surface area contributed by atoms with Gasteiger partial charge in [-0.15, -0.1) is 0 Å². The summed E-state index contributed by atoms with van der Waals surface area (Å²) in [6.45, 7) is -1.13. The summed E-state index contributed by atoms with van der Waals surface area (Å²) in [5.41, 5.74) is 1.05. The minimum atomic E-state index is -4.44. The zero-order valence-electron chi connectivity index (χ0n) is 12.7. The second-order valence-corrected chi connectivity index (χ2v) is 5.12. The molecule has 8 heteroatoms. The number of phenols is 1. The summed E-state index contributed by atoms with van der Waals surface area (Å²) < 4.78 is 40.7. The van der Waals surface area contributed by atoms with E-state index in [2.05, 4.69) is 9.72 Å². The van der Waals surface area contributed by atoms with Gasteiger partial charge in [0.2, 0.25) is 5.88 Å². The number of aromatic hydroxyl groups is 1. The van der Waals surface area contributed by atoms with Crippen LogP contribution in [0.4, 0.5) is 13.2 Å². The van der Waals surface area contributed by atoms with Gasteiger partial charge in [-0.05, 0) is 23.8 Å². The van der Waals surface area contributed by atoms with E-state index in [1.54, 1.807) is 19.2 Å². The number of halogens is 3. The van der Waals surface area contributed by atoms with Gasteiger partial charge in [-0.1, -0.05) is 12.1 Å². The first-order chi connectivity index (χ1) is 11.2. The van der Waals surface area contributed by atoms with Crippen LogP contribution >= 0.6 is 0 Å². The summed E-state index contributed by atoms with van der Waals surface area (Å²) in [5, 5.41) is 9.23. The van der Waals surface area contributed by atoms with Crippen LogP contribution in [0.15, 0.2) is 42.6 Å². The van der Waals surface area contributed by atoms with Crippen LogP contribution in [0, 0.1) is 0 Å². The Kier molecular flexibility index (Phi) is 5.28. The molecule has 24 heavy (non-hydrogen) atoms. The van der Waals surface area contributed by atoms with E-state index in [9.17, 15) is 23.1 Å². The quantitative estimate of drug-likeness (QED) is 0.909. The number of carbonyl (C=O) groups excluding carboxylic acids is 1. The molecule has 0 spiro atoms. The van der Waals surface area contributed by atoms with Crippen molar-refractivity contribution in [3.8, 4) is 11.6 Å². The molecule has 1 aromatic heterocycles. The molecule has 1 amide bonds. The van der Waals surface area contributed by atoms with Crippen molar-refractivity contribution in [3.05, 3.63) is 53.7 Å². The number of phenolic OH excluding ortho intramolecular Hbond substituents is 1. The molecule has 1 N–H and O–H groups in total. The van der Waals surface area contributed by atoms with Crippen molar-refractivity contribution in [2.75, 3.05) is 13.7 Å². The van der Waals surface area contributed by atoms with Crippen molar-refractivity contribution in [2.24, 2.45) is 0 Å². The lowest BCUT2D eigenvalue weighted by atomic mass is 10.2. The van der Waals surface area contributed by atoms with E-state index in [1.807, 2.05) is 0 Å². The van der Waals surface area contributed by atoms with Gasteiger partial charge in [0.15, 0.2) is 6.61 Å². The van der Waals surface area contributed by atoms with Crippen molar-refractivity contribution in [2.45, 2.75) is 12.7 Å². The predicted octanol–water partition coefficient (Wildman–Crippen LogP) is 3.00. The Labute approximate surface area is 136 Å². The largest absolute Gasteiger partial charge is 0.508 e. The molecule has 0 aliphatic carbocycles. The number of aromatic nitrogens is 1. The molecule has 0 aliphatic heterocycles. The van der Waals surface area contributed by atoms with Crippen LogP contribution in [0.3, 0.4) is 0 Å². The van der Waals surface area contributed by atoms with E-state index in [4.69, 9.17) is 0 Å². The summed E-state index contributed by atoms with van der Waals surface area (Å²) in [6, 6.07) is 8.97. The molecule has 0 saturated carbocycles. The maximum atomic E-state index is 12.3. The average Bonchev–Trinajstić information content (AvgIpc) is 2.54. The fourth-order valence-electron chi connectivity index (χ4n) is 1.92. The SMILES string of the molecule is CN(Cc1ccc(O)cc1)C(=O)c1ccc(OCC(F)(F)F)nc1. The first-order valence-electron chi connectivity index (χ1n) is 6.93. The summed E-state index contributed by atoms with van der Waals surface area (Å²) >= 11 is 0. The topological polar surface area (TPSA) is 62.7 Å². The molecule has 2 aromatic rings. The minimum absolute atomic E-state index is 0.131. The van der Waals surface area contributed by atoms with E-state index < -0.39 is 12.8 Å². The molecule has 5 nitrogen and oxygen atoms in total. The summed E-state index contributed by atoms with van der Waals surface area (Å²) in [6.07, 6.45) is -3.28. The molecule has 0 unspecified atom stereocenters. The number of nitrogens with zero attached hydrogens (tertiary/aromatic N) is 2. The number of ether oxygens (including phenoxy) is 1.